The number of hydrogen-bond donors (Lipinski definition) is 1. The molecule has 7 heteroatoms. The standard InChI is InChI=1S/C28H28FN4O2/c1-3-11-25(30)22-17-26-23(16-24(22)29)27(34)33(28(35)32(26)4-2)31(18-20-12-7-5-8-13-20)19-21-14-9-6-10-15-21/h3,5-10,12-17,30H,4,11,18-19H2,1-2H3. The van der Waals surface area contributed by atoms with Crippen molar-refractivity contribution in [1.29, 1.82) is 5.41 Å². The van der Waals surface area contributed by atoms with E-state index in [1.807, 2.05) is 67.6 Å². The maximum atomic E-state index is 15.0. The molecule has 0 amide bonds. The summed E-state index contributed by atoms with van der Waals surface area (Å²) >= 11 is 0. The third-order valence-corrected chi connectivity index (χ3v) is 5.96. The largest absolute Gasteiger partial charge is 0.350 e. The fourth-order valence-electron chi connectivity index (χ4n) is 4.26. The van der Waals surface area contributed by atoms with Crippen molar-refractivity contribution in [3.05, 3.63) is 123 Å². The molecule has 0 atom stereocenters. The second-order valence-electron chi connectivity index (χ2n) is 8.38. The van der Waals surface area contributed by atoms with Crippen LogP contribution in [0.5, 0.6) is 0 Å². The van der Waals surface area contributed by atoms with Crippen LogP contribution >= 0.6 is 0 Å². The summed E-state index contributed by atoms with van der Waals surface area (Å²) in [6.07, 6.45) is 2.06. The molecule has 0 aliphatic heterocycles. The fourth-order valence-corrected chi connectivity index (χ4v) is 4.26. The SMILES string of the molecule is C[CH]CC(=N)c1cc2c(cc1F)c(=O)n(N(Cc1ccccc1)Cc1ccccc1)c(=O)n2CC. The van der Waals surface area contributed by atoms with Crippen LogP contribution in [0.1, 0.15) is 37.0 Å². The lowest BCUT2D eigenvalue weighted by atomic mass is 10.0. The van der Waals surface area contributed by atoms with Crippen molar-refractivity contribution in [3.8, 4) is 0 Å². The van der Waals surface area contributed by atoms with E-state index in [-0.39, 0.29) is 23.1 Å². The molecule has 179 valence electrons. The van der Waals surface area contributed by atoms with Crippen molar-refractivity contribution in [2.24, 2.45) is 0 Å². The molecule has 1 radical (unpaired) electrons. The molecule has 0 aliphatic carbocycles. The van der Waals surface area contributed by atoms with E-state index in [9.17, 15) is 9.59 Å². The van der Waals surface area contributed by atoms with Crippen molar-refractivity contribution in [1.82, 2.24) is 9.24 Å². The van der Waals surface area contributed by atoms with E-state index in [0.29, 0.717) is 25.2 Å². The van der Waals surface area contributed by atoms with Gasteiger partial charge in [0.2, 0.25) is 0 Å². The first-order valence-corrected chi connectivity index (χ1v) is 11.6. The smallest absolute Gasteiger partial charge is 0.305 e. The number of fused-ring (bicyclic) bond motifs is 1. The van der Waals surface area contributed by atoms with Gasteiger partial charge in [-0.3, -0.25) is 14.4 Å². The summed E-state index contributed by atoms with van der Waals surface area (Å²) in [5.74, 6) is -0.646. The van der Waals surface area contributed by atoms with Gasteiger partial charge >= 0.3 is 5.69 Å². The first kappa shape index (κ1) is 24.1. The number of benzene rings is 3. The van der Waals surface area contributed by atoms with Crippen molar-refractivity contribution >= 4 is 16.6 Å². The van der Waals surface area contributed by atoms with Crippen molar-refractivity contribution in [3.63, 3.8) is 0 Å². The van der Waals surface area contributed by atoms with E-state index in [4.69, 9.17) is 5.41 Å². The van der Waals surface area contributed by atoms with Crippen molar-refractivity contribution in [2.75, 3.05) is 5.01 Å². The van der Waals surface area contributed by atoms with Crippen LogP contribution < -0.4 is 16.3 Å². The molecule has 35 heavy (non-hydrogen) atoms. The summed E-state index contributed by atoms with van der Waals surface area (Å²) < 4.78 is 17.6. The predicted octanol–water partition coefficient (Wildman–Crippen LogP) is 4.64. The van der Waals surface area contributed by atoms with Gasteiger partial charge in [0.25, 0.3) is 5.56 Å². The van der Waals surface area contributed by atoms with Crippen LogP contribution in [0.4, 0.5) is 4.39 Å². The summed E-state index contributed by atoms with van der Waals surface area (Å²) in [6, 6.07) is 21.8. The number of hydrogen-bond acceptors (Lipinski definition) is 4. The van der Waals surface area contributed by atoms with E-state index < -0.39 is 17.1 Å². The lowest BCUT2D eigenvalue weighted by Gasteiger charge is -2.27. The summed E-state index contributed by atoms with van der Waals surface area (Å²) in [5.41, 5.74) is 1.31. The Morgan fingerprint density at radius 3 is 2.06 bits per heavy atom. The minimum Gasteiger partial charge on any atom is -0.305 e. The van der Waals surface area contributed by atoms with Gasteiger partial charge in [0.1, 0.15) is 5.82 Å². The topological polar surface area (TPSA) is 71.1 Å². The van der Waals surface area contributed by atoms with Crippen LogP contribution in [0.2, 0.25) is 0 Å². The number of halogens is 1. The number of aromatic nitrogens is 2. The van der Waals surface area contributed by atoms with Gasteiger partial charge in [0, 0.05) is 17.8 Å². The molecule has 6 nitrogen and oxygen atoms in total. The number of nitrogens with one attached hydrogen (secondary N) is 1. The Kier molecular flexibility index (Phi) is 7.25. The highest BCUT2D eigenvalue weighted by Crippen LogP contribution is 2.19. The average molecular weight is 472 g/mol. The first-order valence-electron chi connectivity index (χ1n) is 11.6. The molecule has 0 saturated carbocycles. The zero-order chi connectivity index (χ0) is 24.9. The molecule has 3 aromatic carbocycles. The van der Waals surface area contributed by atoms with E-state index in [2.05, 4.69) is 0 Å². The van der Waals surface area contributed by atoms with Gasteiger partial charge < -0.3 is 5.41 Å². The highest BCUT2D eigenvalue weighted by Gasteiger charge is 2.21. The van der Waals surface area contributed by atoms with Crippen LogP contribution in [0, 0.1) is 17.6 Å². The van der Waals surface area contributed by atoms with Gasteiger partial charge in [-0.05, 0) is 43.0 Å². The van der Waals surface area contributed by atoms with Gasteiger partial charge in [-0.2, -0.15) is 4.68 Å². The van der Waals surface area contributed by atoms with E-state index in [1.165, 1.54) is 10.6 Å². The van der Waals surface area contributed by atoms with Gasteiger partial charge in [-0.25, -0.2) is 9.18 Å². The van der Waals surface area contributed by atoms with Crippen molar-refractivity contribution in [2.45, 2.75) is 39.9 Å². The summed E-state index contributed by atoms with van der Waals surface area (Å²) in [4.78, 5) is 27.4. The summed E-state index contributed by atoms with van der Waals surface area (Å²) in [7, 11) is 0. The summed E-state index contributed by atoms with van der Waals surface area (Å²) in [5, 5.41) is 9.99. The Bertz CT molecular complexity index is 1420. The van der Waals surface area contributed by atoms with Gasteiger partial charge in [0.15, 0.2) is 0 Å². The number of nitrogens with zero attached hydrogens (tertiary/aromatic N) is 3. The Morgan fingerprint density at radius 1 is 0.971 bits per heavy atom. The molecule has 0 fully saturated rings. The maximum Gasteiger partial charge on any atom is 0.350 e. The molecule has 0 unspecified atom stereocenters. The minimum absolute atomic E-state index is 0.0970. The zero-order valence-electron chi connectivity index (χ0n) is 19.9. The minimum atomic E-state index is -0.646. The van der Waals surface area contributed by atoms with Crippen LogP contribution in [-0.2, 0) is 19.6 Å². The Balaban J connectivity index is 1.93. The van der Waals surface area contributed by atoms with E-state index in [1.54, 1.807) is 18.4 Å². The molecule has 0 bridgehead atoms. The third kappa shape index (κ3) is 4.94. The normalized spacial score (nSPS) is 11.1. The Hall–Kier alpha value is -4.00. The average Bonchev–Trinajstić information content (AvgIpc) is 2.86. The van der Waals surface area contributed by atoms with Crippen molar-refractivity contribution < 1.29 is 4.39 Å². The maximum absolute atomic E-state index is 15.0. The molecule has 0 saturated heterocycles. The molecule has 4 rings (SSSR count). The zero-order valence-corrected chi connectivity index (χ0v) is 19.9. The van der Waals surface area contributed by atoms with Crippen LogP contribution in [-0.4, -0.2) is 15.0 Å². The molecule has 4 aromatic rings. The lowest BCUT2D eigenvalue weighted by Crippen LogP contribution is -2.52. The van der Waals surface area contributed by atoms with Gasteiger partial charge in [-0.15, -0.1) is 0 Å². The molecule has 0 spiro atoms. The van der Waals surface area contributed by atoms with Crippen LogP contribution in [0.25, 0.3) is 10.9 Å². The monoisotopic (exact) mass is 471 g/mol. The fraction of sp³-hybridized carbons (Fsp3) is 0.214. The van der Waals surface area contributed by atoms with Gasteiger partial charge in [0.05, 0.1) is 24.0 Å². The quantitative estimate of drug-likeness (QED) is 0.362. The van der Waals surface area contributed by atoms with Crippen LogP contribution in [0.15, 0.2) is 82.4 Å². The highest BCUT2D eigenvalue weighted by molar-refractivity contribution is 6.01. The second-order valence-corrected chi connectivity index (χ2v) is 8.38. The number of rotatable bonds is 9. The third-order valence-electron chi connectivity index (χ3n) is 5.96. The van der Waals surface area contributed by atoms with E-state index in [0.717, 1.165) is 21.9 Å². The Labute approximate surface area is 203 Å². The number of aryl methyl sites for hydroxylation is 1. The summed E-state index contributed by atoms with van der Waals surface area (Å²) in [6.45, 7) is 4.53. The molecule has 1 heterocycles. The molecular weight excluding hydrogens is 443 g/mol. The first-order chi connectivity index (χ1) is 16.9. The second kappa shape index (κ2) is 10.5. The molecule has 1 aromatic heterocycles. The lowest BCUT2D eigenvalue weighted by molar-refractivity contribution is 0.511. The predicted molar refractivity (Wildman–Crippen MR) is 138 cm³/mol. The highest BCUT2D eigenvalue weighted by atomic mass is 19.1. The molecule has 0 aliphatic rings. The van der Waals surface area contributed by atoms with E-state index >= 15 is 4.39 Å². The van der Waals surface area contributed by atoms with Gasteiger partial charge in [-0.1, -0.05) is 67.6 Å². The molecule has 1 N–H and O–H groups in total. The molecular formula is C28H28FN4O2. The van der Waals surface area contributed by atoms with Crippen LogP contribution in [0.3, 0.4) is 0 Å². The Morgan fingerprint density at radius 2 is 1.54 bits per heavy atom.